The molecule has 0 unspecified atom stereocenters. The number of hydrogen-bond donors (Lipinski definition) is 0. The predicted molar refractivity (Wildman–Crippen MR) is 72.5 cm³/mol. The molecule has 0 N–H and O–H groups in total. The van der Waals surface area contributed by atoms with E-state index in [0.29, 0.717) is 28.4 Å². The van der Waals surface area contributed by atoms with Crippen molar-refractivity contribution < 1.29 is 0 Å². The molecule has 2 heterocycles. The van der Waals surface area contributed by atoms with E-state index >= 15 is 0 Å². The van der Waals surface area contributed by atoms with Gasteiger partial charge in [0.1, 0.15) is 16.7 Å². The molecular weight excluding hydrogens is 316 g/mol. The zero-order valence-corrected chi connectivity index (χ0v) is 12.0. The van der Waals surface area contributed by atoms with Gasteiger partial charge in [-0.15, -0.1) is 0 Å². The second-order valence-electron chi connectivity index (χ2n) is 4.30. The first-order valence-electron chi connectivity index (χ1n) is 5.68. The highest BCUT2D eigenvalue weighted by atomic mass is 79.9. The lowest BCUT2D eigenvalue weighted by molar-refractivity contribution is 0.962. The van der Waals surface area contributed by atoms with Crippen LogP contribution in [0.3, 0.4) is 0 Å². The van der Waals surface area contributed by atoms with Crippen LogP contribution in [-0.2, 0) is 0 Å². The fraction of sp³-hybridized carbons (Fsp3) is 0.333. The minimum absolute atomic E-state index is 0.443. The Balaban J connectivity index is 2.12. The molecule has 0 spiro atoms. The van der Waals surface area contributed by atoms with Crippen molar-refractivity contribution in [1.82, 2.24) is 19.9 Å². The van der Waals surface area contributed by atoms with Gasteiger partial charge in [0, 0.05) is 12.1 Å². The molecule has 0 atom stereocenters. The quantitative estimate of drug-likeness (QED) is 0.793. The van der Waals surface area contributed by atoms with Crippen LogP contribution in [0.4, 0.5) is 0 Å². The van der Waals surface area contributed by atoms with Crippen LogP contribution in [0.2, 0.25) is 5.15 Å². The molecule has 0 radical (unpaired) electrons. The second kappa shape index (κ2) is 4.55. The van der Waals surface area contributed by atoms with E-state index in [2.05, 4.69) is 35.9 Å². The Morgan fingerprint density at radius 3 is 2.72 bits per heavy atom. The van der Waals surface area contributed by atoms with Crippen molar-refractivity contribution in [3.63, 3.8) is 0 Å². The molecule has 4 nitrogen and oxygen atoms in total. The van der Waals surface area contributed by atoms with E-state index in [1.165, 1.54) is 0 Å². The lowest BCUT2D eigenvalue weighted by Gasteiger charge is -2.07. The summed E-state index contributed by atoms with van der Waals surface area (Å²) in [4.78, 5) is 17.2. The number of aryl methyl sites for hydroxylation is 1. The van der Waals surface area contributed by atoms with Crippen LogP contribution in [0.5, 0.6) is 0 Å². The van der Waals surface area contributed by atoms with Gasteiger partial charge in [0.25, 0.3) is 0 Å². The summed E-state index contributed by atoms with van der Waals surface area (Å²) in [6.07, 6.45) is 4.02. The largest absolute Gasteiger partial charge is 0.242 e. The summed E-state index contributed by atoms with van der Waals surface area (Å²) >= 11 is 9.59. The Kier molecular flexibility index (Phi) is 3.03. The minimum atomic E-state index is 0.443. The van der Waals surface area contributed by atoms with Crippen LogP contribution < -0.4 is 0 Å². The van der Waals surface area contributed by atoms with Crippen molar-refractivity contribution in [2.24, 2.45) is 0 Å². The summed E-state index contributed by atoms with van der Waals surface area (Å²) in [7, 11) is 0. The molecule has 0 aliphatic heterocycles. The Hall–Kier alpha value is -1.07. The average Bonchev–Trinajstić information content (AvgIpc) is 3.16. The van der Waals surface area contributed by atoms with Crippen molar-refractivity contribution in [2.45, 2.75) is 25.7 Å². The number of aromatic nitrogens is 4. The highest BCUT2D eigenvalue weighted by Gasteiger charge is 2.29. The predicted octanol–water partition coefficient (Wildman–Crippen LogP) is 3.54. The zero-order valence-electron chi connectivity index (χ0n) is 9.69. The SMILES string of the molecule is Cc1nccc(-c2nc(Cl)c(Br)c(C3CC3)n2)n1. The lowest BCUT2D eigenvalue weighted by Crippen LogP contribution is -2.00. The van der Waals surface area contributed by atoms with Crippen LogP contribution in [0.1, 0.15) is 30.3 Å². The normalized spacial score (nSPS) is 14.8. The molecule has 2 aromatic rings. The molecule has 0 amide bonds. The van der Waals surface area contributed by atoms with Crippen LogP contribution in [-0.4, -0.2) is 19.9 Å². The Morgan fingerprint density at radius 2 is 2.06 bits per heavy atom. The summed E-state index contributed by atoms with van der Waals surface area (Å²) in [5.41, 5.74) is 1.69. The molecule has 6 heteroatoms. The summed E-state index contributed by atoms with van der Waals surface area (Å²) in [5.74, 6) is 1.76. The maximum absolute atomic E-state index is 6.14. The van der Waals surface area contributed by atoms with Gasteiger partial charge < -0.3 is 0 Å². The van der Waals surface area contributed by atoms with E-state index in [0.717, 1.165) is 23.0 Å². The number of nitrogens with zero attached hydrogens (tertiary/aromatic N) is 4. The Labute approximate surface area is 118 Å². The van der Waals surface area contributed by atoms with Crippen LogP contribution in [0, 0.1) is 6.92 Å². The van der Waals surface area contributed by atoms with E-state index in [1.807, 2.05) is 6.92 Å². The van der Waals surface area contributed by atoms with Gasteiger partial charge in [0.15, 0.2) is 5.82 Å². The monoisotopic (exact) mass is 324 g/mol. The maximum atomic E-state index is 6.14. The Morgan fingerprint density at radius 1 is 1.28 bits per heavy atom. The van der Waals surface area contributed by atoms with Crippen molar-refractivity contribution in [3.05, 3.63) is 33.4 Å². The molecular formula is C12H10BrClN4. The molecule has 0 aromatic carbocycles. The van der Waals surface area contributed by atoms with E-state index in [4.69, 9.17) is 11.6 Å². The van der Waals surface area contributed by atoms with Gasteiger partial charge in [-0.25, -0.2) is 19.9 Å². The molecule has 92 valence electrons. The number of hydrogen-bond acceptors (Lipinski definition) is 4. The topological polar surface area (TPSA) is 51.6 Å². The van der Waals surface area contributed by atoms with Gasteiger partial charge >= 0.3 is 0 Å². The molecule has 18 heavy (non-hydrogen) atoms. The van der Waals surface area contributed by atoms with E-state index in [-0.39, 0.29) is 0 Å². The van der Waals surface area contributed by atoms with Crippen molar-refractivity contribution >= 4 is 27.5 Å². The van der Waals surface area contributed by atoms with E-state index in [9.17, 15) is 0 Å². The van der Waals surface area contributed by atoms with Crippen LogP contribution in [0.25, 0.3) is 11.5 Å². The van der Waals surface area contributed by atoms with Gasteiger partial charge in [0.2, 0.25) is 0 Å². The molecule has 1 aliphatic rings. The summed E-state index contributed by atoms with van der Waals surface area (Å²) in [5, 5.41) is 0.443. The average molecular weight is 326 g/mol. The van der Waals surface area contributed by atoms with Gasteiger partial charge in [0.05, 0.1) is 10.2 Å². The molecule has 1 saturated carbocycles. The second-order valence-corrected chi connectivity index (χ2v) is 5.45. The van der Waals surface area contributed by atoms with Crippen molar-refractivity contribution in [1.29, 1.82) is 0 Å². The molecule has 0 saturated heterocycles. The molecule has 0 bridgehead atoms. The fourth-order valence-electron chi connectivity index (χ4n) is 1.76. The van der Waals surface area contributed by atoms with E-state index < -0.39 is 0 Å². The highest BCUT2D eigenvalue weighted by Crippen LogP contribution is 2.44. The summed E-state index contributed by atoms with van der Waals surface area (Å²) in [6.45, 7) is 1.84. The smallest absolute Gasteiger partial charge is 0.180 e. The zero-order chi connectivity index (χ0) is 12.7. The Bertz CT molecular complexity index is 613. The first-order chi connectivity index (χ1) is 8.65. The van der Waals surface area contributed by atoms with E-state index in [1.54, 1.807) is 12.3 Å². The van der Waals surface area contributed by atoms with Gasteiger partial charge in [-0.1, -0.05) is 11.6 Å². The minimum Gasteiger partial charge on any atom is -0.242 e. The first-order valence-corrected chi connectivity index (χ1v) is 6.85. The van der Waals surface area contributed by atoms with Gasteiger partial charge in [-0.3, -0.25) is 0 Å². The van der Waals surface area contributed by atoms with Crippen LogP contribution in [0.15, 0.2) is 16.7 Å². The third-order valence-corrected chi connectivity index (χ3v) is 4.09. The lowest BCUT2D eigenvalue weighted by atomic mass is 10.2. The standard InChI is InChI=1S/C12H10BrClN4/c1-6-15-5-4-8(16-6)12-17-10(7-2-3-7)9(13)11(14)18-12/h4-5,7H,2-3H2,1H3. The van der Waals surface area contributed by atoms with Crippen LogP contribution >= 0.6 is 27.5 Å². The van der Waals surface area contributed by atoms with Gasteiger partial charge in [-0.2, -0.15) is 0 Å². The van der Waals surface area contributed by atoms with Crippen molar-refractivity contribution in [2.75, 3.05) is 0 Å². The molecule has 3 rings (SSSR count). The third-order valence-electron chi connectivity index (χ3n) is 2.81. The third kappa shape index (κ3) is 2.24. The molecule has 2 aromatic heterocycles. The maximum Gasteiger partial charge on any atom is 0.180 e. The van der Waals surface area contributed by atoms with Crippen molar-refractivity contribution in [3.8, 4) is 11.5 Å². The van der Waals surface area contributed by atoms with Gasteiger partial charge in [-0.05, 0) is 41.8 Å². The molecule has 1 aliphatic carbocycles. The molecule has 1 fully saturated rings. The number of rotatable bonds is 2. The highest BCUT2D eigenvalue weighted by molar-refractivity contribution is 9.10. The fourth-order valence-corrected chi connectivity index (χ4v) is 2.44. The summed E-state index contributed by atoms with van der Waals surface area (Å²) < 4.78 is 0.807. The summed E-state index contributed by atoms with van der Waals surface area (Å²) in [6, 6.07) is 1.79. The number of halogens is 2. The first kappa shape index (κ1) is 12.0.